The van der Waals surface area contributed by atoms with Gasteiger partial charge in [0.2, 0.25) is 0 Å². The number of ether oxygens (including phenoxy) is 1. The third kappa shape index (κ3) is 5.18. The molecular weight excluding hydrogens is 448 g/mol. The summed E-state index contributed by atoms with van der Waals surface area (Å²) in [5, 5.41) is 0.0512. The van der Waals surface area contributed by atoms with E-state index in [-0.39, 0.29) is 42.2 Å². The first kappa shape index (κ1) is 25.9. The van der Waals surface area contributed by atoms with Crippen LogP contribution in [-0.4, -0.2) is 67.9 Å². The maximum atomic E-state index is 12.8. The van der Waals surface area contributed by atoms with E-state index in [1.807, 2.05) is 13.0 Å². The van der Waals surface area contributed by atoms with E-state index in [9.17, 15) is 14.4 Å². The number of fused-ring (bicyclic) bond motifs is 1. The summed E-state index contributed by atoms with van der Waals surface area (Å²) in [7, 11) is -2.03. The van der Waals surface area contributed by atoms with Gasteiger partial charge < -0.3 is 9.16 Å². The molecule has 3 rings (SSSR count). The summed E-state index contributed by atoms with van der Waals surface area (Å²) >= 11 is 0. The van der Waals surface area contributed by atoms with E-state index < -0.39 is 14.4 Å². The van der Waals surface area contributed by atoms with Crippen LogP contribution >= 0.6 is 0 Å². The molecule has 184 valence electrons. The van der Waals surface area contributed by atoms with E-state index in [1.54, 1.807) is 29.2 Å². The van der Waals surface area contributed by atoms with Gasteiger partial charge in [0.15, 0.2) is 8.32 Å². The lowest BCUT2D eigenvalue weighted by atomic mass is 10.1. The van der Waals surface area contributed by atoms with Gasteiger partial charge >= 0.3 is 6.09 Å². The van der Waals surface area contributed by atoms with E-state index in [2.05, 4.69) is 40.4 Å². The molecule has 7 nitrogen and oxygen atoms in total. The van der Waals surface area contributed by atoms with Crippen LogP contribution in [0.2, 0.25) is 18.1 Å². The van der Waals surface area contributed by atoms with Gasteiger partial charge in [-0.3, -0.25) is 19.4 Å². The summed E-state index contributed by atoms with van der Waals surface area (Å²) in [5.74, 6) is -0.588. The number of carbonyl (C=O) groups is 3. The van der Waals surface area contributed by atoms with Crippen molar-refractivity contribution in [1.29, 1.82) is 0 Å². The smallest absolute Gasteiger partial charge is 0.410 e. The van der Waals surface area contributed by atoms with E-state index in [0.29, 0.717) is 24.1 Å². The van der Waals surface area contributed by atoms with Crippen LogP contribution in [0.3, 0.4) is 0 Å². The quantitative estimate of drug-likeness (QED) is 0.309. The molecule has 34 heavy (non-hydrogen) atoms. The summed E-state index contributed by atoms with van der Waals surface area (Å²) in [6.45, 7) is 17.2. The molecule has 3 amide bonds. The number of rotatable bonds is 7. The molecule has 1 aromatic rings. The lowest BCUT2D eigenvalue weighted by Crippen LogP contribution is -2.44. The fraction of sp³-hybridized carbons (Fsp3) is 0.500. The molecule has 0 unspecified atom stereocenters. The molecule has 1 aromatic carbocycles. The largest absolute Gasteiger partial charge is 0.445 e. The van der Waals surface area contributed by atoms with E-state index in [1.165, 1.54) is 11.0 Å². The molecule has 2 aliphatic rings. The van der Waals surface area contributed by atoms with Gasteiger partial charge in [0.1, 0.15) is 6.61 Å². The summed E-state index contributed by atoms with van der Waals surface area (Å²) in [5.41, 5.74) is 1.75. The highest BCUT2D eigenvalue weighted by Gasteiger charge is 2.44. The number of hydrogen-bond acceptors (Lipinski definition) is 5. The van der Waals surface area contributed by atoms with Crippen molar-refractivity contribution in [3.63, 3.8) is 0 Å². The minimum Gasteiger partial charge on any atom is -0.445 e. The molecule has 0 spiro atoms. The molecule has 0 saturated carbocycles. The average molecular weight is 485 g/mol. The minimum absolute atomic E-state index is 0.0512. The predicted molar refractivity (Wildman–Crippen MR) is 134 cm³/mol. The van der Waals surface area contributed by atoms with Crippen LogP contribution < -0.4 is 0 Å². The van der Waals surface area contributed by atoms with Gasteiger partial charge in [-0.2, -0.15) is 0 Å². The average Bonchev–Trinajstić information content (AvgIpc) is 3.29. The van der Waals surface area contributed by atoms with Gasteiger partial charge in [-0.25, -0.2) is 4.79 Å². The Bertz CT molecular complexity index is 976. The maximum absolute atomic E-state index is 12.8. The standard InChI is InChI=1S/C26H36N2O5Si/c1-8-15-32-25(31)28-17-19(33-34(6,7)26(3,4)5)16-22(28)18(2)13-14-27-23(29)20-11-9-10-12-21(20)24(27)30/h8-13,19,22H,1,14-17H2,2-7H3/b18-13-/t19-,22+/m1/s1. The van der Waals surface area contributed by atoms with Crippen molar-refractivity contribution in [2.24, 2.45) is 0 Å². The zero-order chi connectivity index (χ0) is 25.3. The van der Waals surface area contributed by atoms with Crippen LogP contribution in [0.1, 0.15) is 54.8 Å². The Kier molecular flexibility index (Phi) is 7.52. The highest BCUT2D eigenvalue weighted by molar-refractivity contribution is 6.74. The summed E-state index contributed by atoms with van der Waals surface area (Å²) in [4.78, 5) is 41.1. The second kappa shape index (κ2) is 9.88. The molecule has 0 radical (unpaired) electrons. The Hall–Kier alpha value is -2.71. The molecule has 8 heteroatoms. The first-order valence-electron chi connectivity index (χ1n) is 11.7. The molecule has 0 aliphatic carbocycles. The van der Waals surface area contributed by atoms with Crippen molar-refractivity contribution in [2.45, 2.75) is 64.4 Å². The number of hydrogen-bond donors (Lipinski definition) is 0. The molecular formula is C26H36N2O5Si. The molecule has 2 aliphatic heterocycles. The molecule has 1 fully saturated rings. The Morgan fingerprint density at radius 1 is 1.18 bits per heavy atom. The number of imide groups is 1. The zero-order valence-corrected chi connectivity index (χ0v) is 22.1. The van der Waals surface area contributed by atoms with E-state index >= 15 is 0 Å². The van der Waals surface area contributed by atoms with Crippen molar-refractivity contribution < 1.29 is 23.5 Å². The number of amides is 3. The zero-order valence-electron chi connectivity index (χ0n) is 21.1. The van der Waals surface area contributed by atoms with Crippen LogP contribution in [0, 0.1) is 0 Å². The Morgan fingerprint density at radius 3 is 2.29 bits per heavy atom. The Morgan fingerprint density at radius 2 is 1.76 bits per heavy atom. The Labute approximate surface area is 203 Å². The lowest BCUT2D eigenvalue weighted by Gasteiger charge is -2.38. The molecule has 2 heterocycles. The normalized spacial score (nSPS) is 21.2. The third-order valence-corrected chi connectivity index (χ3v) is 11.6. The van der Waals surface area contributed by atoms with Crippen LogP contribution in [0.15, 0.2) is 48.6 Å². The number of likely N-dealkylation sites (tertiary alicyclic amines) is 1. The van der Waals surface area contributed by atoms with Gasteiger partial charge in [-0.1, -0.05) is 57.2 Å². The highest BCUT2D eigenvalue weighted by Crippen LogP contribution is 2.39. The highest BCUT2D eigenvalue weighted by atomic mass is 28.4. The SMILES string of the molecule is C=CCOC(=O)N1C[C@H](O[Si](C)(C)C(C)(C)C)C[C@H]1/C(C)=C\CN1C(=O)c2ccccc2C1=O. The van der Waals surface area contributed by atoms with Crippen LogP contribution in [0.4, 0.5) is 4.79 Å². The first-order chi connectivity index (χ1) is 15.9. The van der Waals surface area contributed by atoms with E-state index in [4.69, 9.17) is 9.16 Å². The molecule has 0 bridgehead atoms. The van der Waals surface area contributed by atoms with Crippen molar-refractivity contribution in [3.05, 3.63) is 59.7 Å². The van der Waals surface area contributed by atoms with Crippen LogP contribution in [-0.2, 0) is 9.16 Å². The predicted octanol–water partition coefficient (Wildman–Crippen LogP) is 5.02. The maximum Gasteiger partial charge on any atom is 0.410 e. The van der Waals surface area contributed by atoms with E-state index in [0.717, 1.165) is 5.57 Å². The van der Waals surface area contributed by atoms with Crippen LogP contribution in [0.5, 0.6) is 0 Å². The van der Waals surface area contributed by atoms with Crippen LogP contribution in [0.25, 0.3) is 0 Å². The van der Waals surface area contributed by atoms with Crippen molar-refractivity contribution in [2.75, 3.05) is 19.7 Å². The van der Waals surface area contributed by atoms with Crippen molar-refractivity contribution in [1.82, 2.24) is 9.80 Å². The topological polar surface area (TPSA) is 76.2 Å². The number of benzene rings is 1. The number of carbonyl (C=O) groups excluding carboxylic acids is 3. The third-order valence-electron chi connectivity index (χ3n) is 7.09. The van der Waals surface area contributed by atoms with Gasteiger partial charge in [-0.15, -0.1) is 0 Å². The lowest BCUT2D eigenvalue weighted by molar-refractivity contribution is 0.0670. The summed E-state index contributed by atoms with van der Waals surface area (Å²) < 4.78 is 11.9. The Balaban J connectivity index is 1.77. The van der Waals surface area contributed by atoms with Gasteiger partial charge in [0.25, 0.3) is 11.8 Å². The second-order valence-electron chi connectivity index (χ2n) is 10.5. The molecule has 0 N–H and O–H groups in total. The van der Waals surface area contributed by atoms with Gasteiger partial charge in [0.05, 0.1) is 23.3 Å². The fourth-order valence-corrected chi connectivity index (χ4v) is 5.46. The van der Waals surface area contributed by atoms with Crippen molar-refractivity contribution >= 4 is 26.2 Å². The van der Waals surface area contributed by atoms with Gasteiger partial charge in [0, 0.05) is 13.1 Å². The second-order valence-corrected chi connectivity index (χ2v) is 15.2. The monoisotopic (exact) mass is 484 g/mol. The van der Waals surface area contributed by atoms with Gasteiger partial charge in [-0.05, 0) is 43.6 Å². The summed E-state index contributed by atoms with van der Waals surface area (Å²) in [6, 6.07) is 6.61. The molecule has 1 saturated heterocycles. The number of nitrogens with zero attached hydrogens (tertiary/aromatic N) is 2. The first-order valence-corrected chi connectivity index (χ1v) is 14.6. The fourth-order valence-electron chi connectivity index (χ4n) is 4.10. The minimum atomic E-state index is -2.03. The van der Waals surface area contributed by atoms with Crippen molar-refractivity contribution in [3.8, 4) is 0 Å². The molecule has 2 atom stereocenters. The molecule has 0 aromatic heterocycles. The summed E-state index contributed by atoms with van der Waals surface area (Å²) in [6.07, 6.45) is 3.51.